The fourth-order valence-corrected chi connectivity index (χ4v) is 2.79. The standard InChI is InChI=1S/C13H15ClN4O2/c1-13(2)10(14)6-11(13)17-12-15-8-4-3-7(18(19)20)5-9(8)16-12/h3-5,10-11H,6H2,1-2H3,(H2,15,16,17). The van der Waals surface area contributed by atoms with Crippen LogP contribution >= 0.6 is 11.6 Å². The van der Waals surface area contributed by atoms with Gasteiger partial charge < -0.3 is 10.3 Å². The SMILES string of the molecule is CC1(C)C(Cl)CC1Nc1nc2ccc([N+](=O)[O-])cc2[nH]1. The largest absolute Gasteiger partial charge is 0.352 e. The summed E-state index contributed by atoms with van der Waals surface area (Å²) < 4.78 is 0. The van der Waals surface area contributed by atoms with E-state index in [1.54, 1.807) is 6.07 Å². The molecule has 106 valence electrons. The van der Waals surface area contributed by atoms with Gasteiger partial charge >= 0.3 is 0 Å². The number of rotatable bonds is 3. The van der Waals surface area contributed by atoms with Crippen molar-refractivity contribution in [2.45, 2.75) is 31.7 Å². The van der Waals surface area contributed by atoms with Gasteiger partial charge in [-0.05, 0) is 12.5 Å². The number of anilines is 1. The molecule has 3 rings (SSSR count). The predicted molar refractivity (Wildman–Crippen MR) is 78.2 cm³/mol. The zero-order valence-electron chi connectivity index (χ0n) is 11.2. The molecule has 6 nitrogen and oxygen atoms in total. The van der Waals surface area contributed by atoms with Crippen LogP contribution in [0.5, 0.6) is 0 Å². The van der Waals surface area contributed by atoms with Crippen LogP contribution < -0.4 is 5.32 Å². The highest BCUT2D eigenvalue weighted by atomic mass is 35.5. The minimum atomic E-state index is -0.416. The van der Waals surface area contributed by atoms with Crippen molar-refractivity contribution in [3.05, 3.63) is 28.3 Å². The molecule has 1 aliphatic rings. The topological polar surface area (TPSA) is 83.8 Å². The average molecular weight is 295 g/mol. The zero-order valence-corrected chi connectivity index (χ0v) is 11.9. The van der Waals surface area contributed by atoms with Crippen molar-refractivity contribution in [1.82, 2.24) is 9.97 Å². The number of hydrogen-bond donors (Lipinski definition) is 2. The number of halogens is 1. The van der Waals surface area contributed by atoms with Gasteiger partial charge in [-0.25, -0.2) is 4.98 Å². The maximum atomic E-state index is 10.7. The van der Waals surface area contributed by atoms with Crippen LogP contribution in [-0.2, 0) is 0 Å². The molecule has 20 heavy (non-hydrogen) atoms. The van der Waals surface area contributed by atoms with E-state index >= 15 is 0 Å². The summed E-state index contributed by atoms with van der Waals surface area (Å²) in [6.45, 7) is 4.22. The molecule has 1 saturated carbocycles. The molecule has 0 bridgehead atoms. The molecule has 0 spiro atoms. The van der Waals surface area contributed by atoms with E-state index in [0.717, 1.165) is 6.42 Å². The van der Waals surface area contributed by atoms with Crippen molar-refractivity contribution in [2.75, 3.05) is 5.32 Å². The second-order valence-corrected chi connectivity index (χ2v) is 6.29. The second kappa shape index (κ2) is 4.34. The number of aromatic amines is 1. The van der Waals surface area contributed by atoms with Gasteiger partial charge in [-0.1, -0.05) is 13.8 Å². The average Bonchev–Trinajstić information content (AvgIpc) is 2.79. The minimum Gasteiger partial charge on any atom is -0.352 e. The van der Waals surface area contributed by atoms with Gasteiger partial charge in [0.1, 0.15) is 0 Å². The second-order valence-electron chi connectivity index (χ2n) is 5.77. The first kappa shape index (κ1) is 13.2. The smallest absolute Gasteiger partial charge is 0.271 e. The molecule has 0 amide bonds. The molecular weight excluding hydrogens is 280 g/mol. The molecule has 1 aromatic carbocycles. The van der Waals surface area contributed by atoms with E-state index in [9.17, 15) is 10.1 Å². The van der Waals surface area contributed by atoms with Crippen LogP contribution in [0.25, 0.3) is 11.0 Å². The number of non-ortho nitro benzene ring substituents is 1. The molecule has 2 N–H and O–H groups in total. The van der Waals surface area contributed by atoms with Crippen LogP contribution in [0.1, 0.15) is 20.3 Å². The third-order valence-electron chi connectivity index (χ3n) is 4.14. The third kappa shape index (κ3) is 2.00. The Kier molecular flexibility index (Phi) is 2.86. The van der Waals surface area contributed by atoms with E-state index in [2.05, 4.69) is 29.1 Å². The Labute approximate surface area is 120 Å². The molecule has 7 heteroatoms. The summed E-state index contributed by atoms with van der Waals surface area (Å²) in [5, 5.41) is 14.2. The van der Waals surface area contributed by atoms with E-state index in [-0.39, 0.29) is 22.5 Å². The number of H-pyrrole nitrogens is 1. The third-order valence-corrected chi connectivity index (χ3v) is 4.88. The number of nitro benzene ring substituents is 1. The molecule has 0 aliphatic heterocycles. The molecule has 1 fully saturated rings. The summed E-state index contributed by atoms with van der Waals surface area (Å²) in [6, 6.07) is 4.84. The number of imidazole rings is 1. The first-order valence-electron chi connectivity index (χ1n) is 6.42. The van der Waals surface area contributed by atoms with Gasteiger partial charge in [0, 0.05) is 29.0 Å². The highest BCUT2D eigenvalue weighted by Crippen LogP contribution is 2.45. The summed E-state index contributed by atoms with van der Waals surface area (Å²) in [5.74, 6) is 0.627. The van der Waals surface area contributed by atoms with Crippen LogP contribution in [0.2, 0.25) is 0 Å². The molecule has 2 unspecified atom stereocenters. The number of nitrogens with zero attached hydrogens (tertiary/aromatic N) is 2. The number of alkyl halides is 1. The summed E-state index contributed by atoms with van der Waals surface area (Å²) in [7, 11) is 0. The van der Waals surface area contributed by atoms with Crippen LogP contribution in [-0.4, -0.2) is 26.3 Å². The summed E-state index contributed by atoms with van der Waals surface area (Å²) >= 11 is 6.19. The fraction of sp³-hybridized carbons (Fsp3) is 0.462. The van der Waals surface area contributed by atoms with Gasteiger partial charge in [-0.3, -0.25) is 10.1 Å². The quantitative estimate of drug-likeness (QED) is 0.517. The number of benzene rings is 1. The molecule has 2 aromatic rings. The van der Waals surface area contributed by atoms with Crippen molar-refractivity contribution in [3.63, 3.8) is 0 Å². The van der Waals surface area contributed by atoms with E-state index < -0.39 is 4.92 Å². The van der Waals surface area contributed by atoms with E-state index in [1.807, 2.05) is 0 Å². The molecule has 1 aromatic heterocycles. The lowest BCUT2D eigenvalue weighted by molar-refractivity contribution is -0.384. The van der Waals surface area contributed by atoms with E-state index in [0.29, 0.717) is 17.0 Å². The van der Waals surface area contributed by atoms with Gasteiger partial charge in [-0.2, -0.15) is 0 Å². The predicted octanol–water partition coefficient (Wildman–Crippen LogP) is 3.29. The highest BCUT2D eigenvalue weighted by Gasteiger charge is 2.47. The van der Waals surface area contributed by atoms with Gasteiger partial charge in [0.05, 0.1) is 16.0 Å². The van der Waals surface area contributed by atoms with E-state index in [4.69, 9.17) is 11.6 Å². The lowest BCUT2D eigenvalue weighted by atomic mass is 9.67. The fourth-order valence-electron chi connectivity index (χ4n) is 2.46. The van der Waals surface area contributed by atoms with Crippen molar-refractivity contribution >= 4 is 34.3 Å². The van der Waals surface area contributed by atoms with Crippen LogP contribution in [0.3, 0.4) is 0 Å². The summed E-state index contributed by atoms with van der Waals surface area (Å²) in [4.78, 5) is 17.8. The molecule has 2 atom stereocenters. The Morgan fingerprint density at radius 2 is 2.30 bits per heavy atom. The van der Waals surface area contributed by atoms with Crippen LogP contribution in [0, 0.1) is 15.5 Å². The molecule has 0 radical (unpaired) electrons. The first-order valence-corrected chi connectivity index (χ1v) is 6.86. The van der Waals surface area contributed by atoms with E-state index in [1.165, 1.54) is 12.1 Å². The molecule has 1 aliphatic carbocycles. The maximum absolute atomic E-state index is 10.7. The van der Waals surface area contributed by atoms with Gasteiger partial charge in [-0.15, -0.1) is 11.6 Å². The van der Waals surface area contributed by atoms with Crippen LogP contribution in [0.4, 0.5) is 11.6 Å². The number of hydrogen-bond acceptors (Lipinski definition) is 4. The van der Waals surface area contributed by atoms with Crippen molar-refractivity contribution in [3.8, 4) is 0 Å². The Morgan fingerprint density at radius 1 is 1.55 bits per heavy atom. The Morgan fingerprint density at radius 3 is 2.90 bits per heavy atom. The van der Waals surface area contributed by atoms with Crippen LogP contribution in [0.15, 0.2) is 18.2 Å². The van der Waals surface area contributed by atoms with Gasteiger partial charge in [0.2, 0.25) is 5.95 Å². The Bertz CT molecular complexity index is 682. The van der Waals surface area contributed by atoms with Crippen molar-refractivity contribution in [2.24, 2.45) is 5.41 Å². The number of nitrogens with one attached hydrogen (secondary N) is 2. The number of fused-ring (bicyclic) bond motifs is 1. The number of nitro groups is 1. The highest BCUT2D eigenvalue weighted by molar-refractivity contribution is 6.21. The normalized spacial score (nSPS) is 24.4. The van der Waals surface area contributed by atoms with Gasteiger partial charge in [0.25, 0.3) is 5.69 Å². The first-order chi connectivity index (χ1) is 9.38. The van der Waals surface area contributed by atoms with Crippen molar-refractivity contribution < 1.29 is 4.92 Å². The summed E-state index contributed by atoms with van der Waals surface area (Å²) in [5.41, 5.74) is 1.42. The molecule has 0 saturated heterocycles. The Hall–Kier alpha value is -1.82. The maximum Gasteiger partial charge on any atom is 0.271 e. The van der Waals surface area contributed by atoms with Crippen molar-refractivity contribution in [1.29, 1.82) is 0 Å². The molecular formula is C13H15ClN4O2. The lowest BCUT2D eigenvalue weighted by Gasteiger charge is -2.49. The lowest BCUT2D eigenvalue weighted by Crippen LogP contribution is -2.54. The monoisotopic (exact) mass is 294 g/mol. The minimum absolute atomic E-state index is 0.00647. The number of aromatic nitrogens is 2. The molecule has 1 heterocycles. The zero-order chi connectivity index (χ0) is 14.5. The summed E-state index contributed by atoms with van der Waals surface area (Å²) in [6.07, 6.45) is 0.881. The van der Waals surface area contributed by atoms with Gasteiger partial charge in [0.15, 0.2) is 0 Å². The Balaban J connectivity index is 1.85.